The molecule has 2 amide bonds. The molecule has 39 heavy (non-hydrogen) atoms. The van der Waals surface area contributed by atoms with E-state index < -0.39 is 17.6 Å². The average Bonchev–Trinajstić information content (AvgIpc) is 3.35. The maximum absolute atomic E-state index is 13.1. The number of benzene rings is 3. The topological polar surface area (TPSA) is 111 Å². The third-order valence-electron chi connectivity index (χ3n) is 5.24. The number of furan rings is 1. The summed E-state index contributed by atoms with van der Waals surface area (Å²) in [5.41, 5.74) is 4.04. The standard InChI is InChI=1S/C28H25BrFN3O6/c1-3-36-21-9-10-23-17(11-21)12-26(39-23)28(35)33-31-15-18-13-24(37-4-2)25(14-22(18)29)38-16-27(34)32-20-7-5-19(30)6-8-20/h5-15H,3-4,16H2,1-2H3,(H,32,34)(H,33,35)/b31-15+. The molecule has 3 aromatic carbocycles. The zero-order chi connectivity index (χ0) is 27.8. The van der Waals surface area contributed by atoms with E-state index in [1.54, 1.807) is 36.4 Å². The van der Waals surface area contributed by atoms with E-state index in [0.29, 0.717) is 51.8 Å². The Morgan fingerprint density at radius 3 is 2.46 bits per heavy atom. The molecular formula is C28H25BrFN3O6. The zero-order valence-electron chi connectivity index (χ0n) is 21.1. The second-order valence-electron chi connectivity index (χ2n) is 8.04. The van der Waals surface area contributed by atoms with E-state index in [2.05, 4.69) is 31.8 Å². The Kier molecular flexibility index (Phi) is 9.16. The fourth-order valence-corrected chi connectivity index (χ4v) is 3.93. The molecule has 0 saturated heterocycles. The van der Waals surface area contributed by atoms with E-state index in [-0.39, 0.29) is 12.4 Å². The monoisotopic (exact) mass is 597 g/mol. The average molecular weight is 598 g/mol. The number of hydrogen-bond donors (Lipinski definition) is 2. The number of nitrogens with zero attached hydrogens (tertiary/aromatic N) is 1. The molecule has 9 nitrogen and oxygen atoms in total. The summed E-state index contributed by atoms with van der Waals surface area (Å²) >= 11 is 3.45. The molecule has 0 radical (unpaired) electrons. The molecule has 4 rings (SSSR count). The highest BCUT2D eigenvalue weighted by Gasteiger charge is 2.14. The smallest absolute Gasteiger partial charge is 0.307 e. The summed E-state index contributed by atoms with van der Waals surface area (Å²) in [6.07, 6.45) is 1.44. The molecular weight excluding hydrogens is 573 g/mol. The van der Waals surface area contributed by atoms with Gasteiger partial charge in [-0.25, -0.2) is 9.82 Å². The minimum Gasteiger partial charge on any atom is -0.494 e. The molecule has 0 bridgehead atoms. The van der Waals surface area contributed by atoms with Gasteiger partial charge in [0.1, 0.15) is 17.1 Å². The third-order valence-corrected chi connectivity index (χ3v) is 5.93. The lowest BCUT2D eigenvalue weighted by Gasteiger charge is -2.14. The number of fused-ring (bicyclic) bond motifs is 1. The van der Waals surface area contributed by atoms with Gasteiger partial charge in [-0.1, -0.05) is 0 Å². The SMILES string of the molecule is CCOc1ccc2oc(C(=O)N/N=C/c3cc(OCC)c(OCC(=O)Nc4ccc(F)cc4)cc3Br)cc2c1. The van der Waals surface area contributed by atoms with Gasteiger partial charge in [-0.3, -0.25) is 9.59 Å². The number of amides is 2. The van der Waals surface area contributed by atoms with Crippen LogP contribution in [0, 0.1) is 5.82 Å². The molecule has 0 unspecified atom stereocenters. The lowest BCUT2D eigenvalue weighted by molar-refractivity contribution is -0.118. The van der Waals surface area contributed by atoms with Crippen molar-refractivity contribution in [2.24, 2.45) is 5.10 Å². The van der Waals surface area contributed by atoms with E-state index >= 15 is 0 Å². The van der Waals surface area contributed by atoms with Gasteiger partial charge in [0.15, 0.2) is 23.9 Å². The third kappa shape index (κ3) is 7.35. The highest BCUT2D eigenvalue weighted by molar-refractivity contribution is 9.10. The summed E-state index contributed by atoms with van der Waals surface area (Å²) in [6, 6.07) is 15.6. The highest BCUT2D eigenvalue weighted by atomic mass is 79.9. The molecule has 11 heteroatoms. The van der Waals surface area contributed by atoms with Gasteiger partial charge < -0.3 is 23.9 Å². The first-order chi connectivity index (χ1) is 18.9. The fourth-order valence-electron chi connectivity index (χ4n) is 3.51. The Balaban J connectivity index is 1.40. The molecule has 4 aromatic rings. The Bertz CT molecular complexity index is 1500. The first kappa shape index (κ1) is 27.6. The van der Waals surface area contributed by atoms with Gasteiger partial charge in [0.25, 0.3) is 5.91 Å². The van der Waals surface area contributed by atoms with E-state index in [1.807, 2.05) is 13.8 Å². The summed E-state index contributed by atoms with van der Waals surface area (Å²) in [5.74, 6) is 0.157. The molecule has 0 saturated carbocycles. The minimum atomic E-state index is -0.520. The largest absolute Gasteiger partial charge is 0.494 e. The highest BCUT2D eigenvalue weighted by Crippen LogP contribution is 2.33. The van der Waals surface area contributed by atoms with Crippen molar-refractivity contribution in [3.63, 3.8) is 0 Å². The lowest BCUT2D eigenvalue weighted by atomic mass is 10.2. The van der Waals surface area contributed by atoms with E-state index in [9.17, 15) is 14.0 Å². The van der Waals surface area contributed by atoms with Crippen molar-refractivity contribution in [3.05, 3.63) is 82.3 Å². The summed E-state index contributed by atoms with van der Waals surface area (Å²) in [4.78, 5) is 24.8. The van der Waals surface area contributed by atoms with Crippen LogP contribution in [0.5, 0.6) is 17.2 Å². The zero-order valence-corrected chi connectivity index (χ0v) is 22.7. The number of carbonyl (C=O) groups is 2. The number of halogens is 2. The molecule has 0 aliphatic rings. The Hall–Kier alpha value is -4.38. The van der Waals surface area contributed by atoms with Gasteiger partial charge >= 0.3 is 5.91 Å². The van der Waals surface area contributed by atoms with Crippen molar-refractivity contribution in [3.8, 4) is 17.2 Å². The van der Waals surface area contributed by atoms with Crippen LogP contribution in [0.25, 0.3) is 11.0 Å². The first-order valence-corrected chi connectivity index (χ1v) is 12.8. The number of hydrazone groups is 1. The van der Waals surface area contributed by atoms with Crippen molar-refractivity contribution in [1.29, 1.82) is 0 Å². The molecule has 1 aromatic heterocycles. The van der Waals surface area contributed by atoms with Crippen molar-refractivity contribution in [1.82, 2.24) is 5.43 Å². The molecule has 1 heterocycles. The Morgan fingerprint density at radius 1 is 0.974 bits per heavy atom. The van der Waals surface area contributed by atoms with Crippen LogP contribution in [0.2, 0.25) is 0 Å². The summed E-state index contributed by atoms with van der Waals surface area (Å²) in [5, 5.41) is 7.39. The number of hydrogen-bond acceptors (Lipinski definition) is 7. The second-order valence-corrected chi connectivity index (χ2v) is 8.89. The van der Waals surface area contributed by atoms with Gasteiger partial charge in [-0.2, -0.15) is 5.10 Å². The first-order valence-electron chi connectivity index (χ1n) is 12.0. The lowest BCUT2D eigenvalue weighted by Crippen LogP contribution is -2.20. The van der Waals surface area contributed by atoms with E-state index in [0.717, 1.165) is 5.39 Å². The molecule has 0 spiro atoms. The minimum absolute atomic E-state index is 0.104. The normalized spacial score (nSPS) is 11.0. The van der Waals surface area contributed by atoms with Gasteiger partial charge in [-0.15, -0.1) is 0 Å². The van der Waals surface area contributed by atoms with Crippen molar-refractivity contribution in [2.45, 2.75) is 13.8 Å². The maximum Gasteiger partial charge on any atom is 0.307 e. The van der Waals surface area contributed by atoms with Crippen LogP contribution in [0.15, 0.2) is 74.7 Å². The Labute approximate surface area is 232 Å². The number of nitrogens with one attached hydrogen (secondary N) is 2. The number of ether oxygens (including phenoxy) is 3. The van der Waals surface area contributed by atoms with Crippen molar-refractivity contribution in [2.75, 3.05) is 25.1 Å². The van der Waals surface area contributed by atoms with E-state index in [4.69, 9.17) is 18.6 Å². The van der Waals surface area contributed by atoms with Crippen LogP contribution in [-0.4, -0.2) is 37.8 Å². The molecule has 202 valence electrons. The van der Waals surface area contributed by atoms with Gasteiger partial charge in [0.05, 0.1) is 19.4 Å². The van der Waals surface area contributed by atoms with Crippen LogP contribution in [-0.2, 0) is 4.79 Å². The van der Waals surface area contributed by atoms with Gasteiger partial charge in [0.2, 0.25) is 0 Å². The molecule has 0 atom stereocenters. The quantitative estimate of drug-likeness (QED) is 0.164. The summed E-state index contributed by atoms with van der Waals surface area (Å²) in [7, 11) is 0. The molecule has 0 aliphatic carbocycles. The number of carbonyl (C=O) groups excluding carboxylic acids is 2. The predicted octanol–water partition coefficient (Wildman–Crippen LogP) is 5.91. The van der Waals surface area contributed by atoms with Crippen LogP contribution < -0.4 is 25.0 Å². The molecule has 0 aliphatic heterocycles. The Morgan fingerprint density at radius 2 is 1.72 bits per heavy atom. The van der Waals surface area contributed by atoms with E-state index in [1.165, 1.54) is 30.5 Å². The van der Waals surface area contributed by atoms with Crippen LogP contribution in [0.1, 0.15) is 30.0 Å². The van der Waals surface area contributed by atoms with Crippen LogP contribution in [0.3, 0.4) is 0 Å². The predicted molar refractivity (Wildman–Crippen MR) is 148 cm³/mol. The van der Waals surface area contributed by atoms with Crippen LogP contribution in [0.4, 0.5) is 10.1 Å². The summed E-state index contributed by atoms with van der Waals surface area (Å²) in [6.45, 7) is 4.29. The fraction of sp³-hybridized carbons (Fsp3) is 0.179. The van der Waals surface area contributed by atoms with Gasteiger partial charge in [0, 0.05) is 21.1 Å². The van der Waals surface area contributed by atoms with Crippen molar-refractivity contribution < 1.29 is 32.6 Å². The van der Waals surface area contributed by atoms with Crippen LogP contribution >= 0.6 is 15.9 Å². The van der Waals surface area contributed by atoms with Gasteiger partial charge in [-0.05, 0) is 90.4 Å². The molecule has 2 N–H and O–H groups in total. The maximum atomic E-state index is 13.1. The number of anilines is 1. The number of rotatable bonds is 11. The molecule has 0 fully saturated rings. The summed E-state index contributed by atoms with van der Waals surface area (Å²) < 4.78 is 36.1. The van der Waals surface area contributed by atoms with Crippen molar-refractivity contribution >= 4 is 50.6 Å². The second kappa shape index (κ2) is 12.9.